The summed E-state index contributed by atoms with van der Waals surface area (Å²) in [4.78, 5) is 2.67. The molecule has 0 aromatic rings. The van der Waals surface area contributed by atoms with Gasteiger partial charge in [0.2, 0.25) is 0 Å². The Morgan fingerprint density at radius 1 is 1.18 bits per heavy atom. The van der Waals surface area contributed by atoms with E-state index in [-0.39, 0.29) is 5.60 Å². The second-order valence-electron chi connectivity index (χ2n) is 6.41. The van der Waals surface area contributed by atoms with Gasteiger partial charge in [-0.15, -0.1) is 0 Å². The first-order valence-corrected chi connectivity index (χ1v) is 7.18. The van der Waals surface area contributed by atoms with E-state index in [4.69, 9.17) is 4.74 Å². The SMILES string of the molecule is CC(C)(C)OCCNC1CCN2CCCCC12. The van der Waals surface area contributed by atoms with Crippen LogP contribution >= 0.6 is 0 Å². The molecule has 0 aromatic heterocycles. The lowest BCUT2D eigenvalue weighted by Crippen LogP contribution is -2.45. The van der Waals surface area contributed by atoms with E-state index in [1.54, 1.807) is 0 Å². The fraction of sp³-hybridized carbons (Fsp3) is 1.00. The molecule has 0 spiro atoms. The Balaban J connectivity index is 1.66. The van der Waals surface area contributed by atoms with Crippen LogP contribution in [0.4, 0.5) is 0 Å². The predicted octanol–water partition coefficient (Wildman–Crippen LogP) is 2.02. The van der Waals surface area contributed by atoms with Crippen molar-refractivity contribution in [2.45, 2.75) is 64.1 Å². The number of nitrogens with one attached hydrogen (secondary N) is 1. The molecule has 100 valence electrons. The molecule has 2 rings (SSSR count). The van der Waals surface area contributed by atoms with Gasteiger partial charge in [-0.05, 0) is 46.6 Å². The summed E-state index contributed by atoms with van der Waals surface area (Å²) in [5.41, 5.74) is -0.00572. The number of nitrogens with zero attached hydrogens (tertiary/aromatic N) is 1. The van der Waals surface area contributed by atoms with Gasteiger partial charge in [0.1, 0.15) is 0 Å². The van der Waals surface area contributed by atoms with Crippen molar-refractivity contribution in [3.63, 3.8) is 0 Å². The van der Waals surface area contributed by atoms with Crippen LogP contribution in [0.3, 0.4) is 0 Å². The molecule has 2 aliphatic rings. The number of hydrogen-bond acceptors (Lipinski definition) is 3. The number of hydrogen-bond donors (Lipinski definition) is 1. The van der Waals surface area contributed by atoms with Crippen molar-refractivity contribution in [3.8, 4) is 0 Å². The number of piperidine rings is 1. The highest BCUT2D eigenvalue weighted by Gasteiger charge is 2.34. The van der Waals surface area contributed by atoms with Gasteiger partial charge < -0.3 is 10.1 Å². The van der Waals surface area contributed by atoms with Gasteiger partial charge in [-0.3, -0.25) is 4.90 Å². The first-order valence-electron chi connectivity index (χ1n) is 7.18. The molecule has 2 heterocycles. The summed E-state index contributed by atoms with van der Waals surface area (Å²) in [5.74, 6) is 0. The zero-order valence-electron chi connectivity index (χ0n) is 11.7. The minimum absolute atomic E-state index is 0.00572. The number of rotatable bonds is 4. The normalized spacial score (nSPS) is 30.5. The molecule has 0 radical (unpaired) electrons. The molecule has 17 heavy (non-hydrogen) atoms. The first kappa shape index (κ1) is 13.3. The molecule has 2 fully saturated rings. The van der Waals surface area contributed by atoms with Crippen LogP contribution in [0.15, 0.2) is 0 Å². The third-order valence-electron chi connectivity index (χ3n) is 3.90. The van der Waals surface area contributed by atoms with Crippen molar-refractivity contribution >= 4 is 0 Å². The van der Waals surface area contributed by atoms with Crippen molar-refractivity contribution in [1.82, 2.24) is 10.2 Å². The molecule has 3 nitrogen and oxygen atoms in total. The van der Waals surface area contributed by atoms with Crippen molar-refractivity contribution in [2.24, 2.45) is 0 Å². The summed E-state index contributed by atoms with van der Waals surface area (Å²) in [6.07, 6.45) is 5.52. The van der Waals surface area contributed by atoms with E-state index in [2.05, 4.69) is 31.0 Å². The summed E-state index contributed by atoms with van der Waals surface area (Å²) in [7, 11) is 0. The Morgan fingerprint density at radius 2 is 2.00 bits per heavy atom. The maximum atomic E-state index is 5.75. The number of fused-ring (bicyclic) bond motifs is 1. The van der Waals surface area contributed by atoms with Crippen molar-refractivity contribution in [1.29, 1.82) is 0 Å². The smallest absolute Gasteiger partial charge is 0.0599 e. The third kappa shape index (κ3) is 3.94. The van der Waals surface area contributed by atoms with E-state index in [0.717, 1.165) is 19.2 Å². The highest BCUT2D eigenvalue weighted by Crippen LogP contribution is 2.26. The van der Waals surface area contributed by atoms with Gasteiger partial charge in [0.15, 0.2) is 0 Å². The Bertz CT molecular complexity index is 237. The van der Waals surface area contributed by atoms with Gasteiger partial charge in [0.25, 0.3) is 0 Å². The van der Waals surface area contributed by atoms with Crippen LogP contribution in [-0.4, -0.2) is 48.8 Å². The summed E-state index contributed by atoms with van der Waals surface area (Å²) in [6, 6.07) is 1.51. The van der Waals surface area contributed by atoms with Gasteiger partial charge in [0, 0.05) is 25.2 Å². The van der Waals surface area contributed by atoms with E-state index in [1.807, 2.05) is 0 Å². The molecule has 1 N–H and O–H groups in total. The van der Waals surface area contributed by atoms with E-state index < -0.39 is 0 Å². The average Bonchev–Trinajstić information content (AvgIpc) is 2.67. The van der Waals surface area contributed by atoms with Crippen LogP contribution in [0.2, 0.25) is 0 Å². The summed E-state index contributed by atoms with van der Waals surface area (Å²) in [5, 5.41) is 3.69. The van der Waals surface area contributed by atoms with E-state index >= 15 is 0 Å². The van der Waals surface area contributed by atoms with Crippen molar-refractivity contribution in [3.05, 3.63) is 0 Å². The molecule has 0 aromatic carbocycles. The van der Waals surface area contributed by atoms with E-state index in [0.29, 0.717) is 6.04 Å². The van der Waals surface area contributed by atoms with Gasteiger partial charge in [-0.1, -0.05) is 6.42 Å². The highest BCUT2D eigenvalue weighted by molar-refractivity contribution is 4.93. The van der Waals surface area contributed by atoms with Gasteiger partial charge in [0.05, 0.1) is 12.2 Å². The van der Waals surface area contributed by atoms with Crippen LogP contribution in [0, 0.1) is 0 Å². The number of ether oxygens (including phenoxy) is 1. The molecule has 0 aliphatic carbocycles. The van der Waals surface area contributed by atoms with Crippen LogP contribution in [0.5, 0.6) is 0 Å². The van der Waals surface area contributed by atoms with Gasteiger partial charge >= 0.3 is 0 Å². The quantitative estimate of drug-likeness (QED) is 0.761. The lowest BCUT2D eigenvalue weighted by atomic mass is 9.99. The first-order chi connectivity index (χ1) is 8.06. The molecule has 2 saturated heterocycles. The Hall–Kier alpha value is -0.120. The molecule has 0 amide bonds. The Labute approximate surface area is 106 Å². The molecular formula is C14H28N2O. The molecule has 2 unspecified atom stereocenters. The standard InChI is InChI=1S/C14H28N2O/c1-14(2,3)17-11-8-15-12-7-10-16-9-5-4-6-13(12)16/h12-13,15H,4-11H2,1-3H3. The molecule has 2 aliphatic heterocycles. The molecular weight excluding hydrogens is 212 g/mol. The predicted molar refractivity (Wildman–Crippen MR) is 71.3 cm³/mol. The van der Waals surface area contributed by atoms with Gasteiger partial charge in [-0.25, -0.2) is 0 Å². The summed E-state index contributed by atoms with van der Waals surface area (Å²) in [6.45, 7) is 10.8. The lowest BCUT2D eigenvalue weighted by molar-refractivity contribution is -0.00210. The fourth-order valence-corrected chi connectivity index (χ4v) is 3.09. The van der Waals surface area contributed by atoms with E-state index in [9.17, 15) is 0 Å². The van der Waals surface area contributed by atoms with E-state index in [1.165, 1.54) is 38.8 Å². The topological polar surface area (TPSA) is 24.5 Å². The maximum absolute atomic E-state index is 5.75. The third-order valence-corrected chi connectivity index (χ3v) is 3.90. The molecule has 3 heteroatoms. The molecule has 0 bridgehead atoms. The fourth-order valence-electron chi connectivity index (χ4n) is 3.09. The van der Waals surface area contributed by atoms with Crippen LogP contribution < -0.4 is 5.32 Å². The maximum Gasteiger partial charge on any atom is 0.0599 e. The van der Waals surface area contributed by atoms with Gasteiger partial charge in [-0.2, -0.15) is 0 Å². The Morgan fingerprint density at radius 3 is 2.76 bits per heavy atom. The second kappa shape index (κ2) is 5.68. The largest absolute Gasteiger partial charge is 0.375 e. The van der Waals surface area contributed by atoms with Crippen LogP contribution in [0.1, 0.15) is 46.5 Å². The second-order valence-corrected chi connectivity index (χ2v) is 6.41. The molecule has 2 atom stereocenters. The van der Waals surface area contributed by atoms with Crippen LogP contribution in [-0.2, 0) is 4.74 Å². The van der Waals surface area contributed by atoms with Crippen molar-refractivity contribution in [2.75, 3.05) is 26.2 Å². The molecule has 0 saturated carbocycles. The summed E-state index contributed by atoms with van der Waals surface area (Å²) < 4.78 is 5.75. The highest BCUT2D eigenvalue weighted by atomic mass is 16.5. The Kier molecular flexibility index (Phi) is 4.45. The monoisotopic (exact) mass is 240 g/mol. The minimum atomic E-state index is -0.00572. The average molecular weight is 240 g/mol. The zero-order chi connectivity index (χ0) is 12.3. The lowest BCUT2D eigenvalue weighted by Gasteiger charge is -2.32. The summed E-state index contributed by atoms with van der Waals surface area (Å²) >= 11 is 0. The minimum Gasteiger partial charge on any atom is -0.375 e. The van der Waals surface area contributed by atoms with Crippen LogP contribution in [0.25, 0.3) is 0 Å². The van der Waals surface area contributed by atoms with Crippen molar-refractivity contribution < 1.29 is 4.74 Å². The zero-order valence-corrected chi connectivity index (χ0v) is 11.7.